The molecule has 3 atom stereocenters. The molecule has 130 valence electrons. The van der Waals surface area contributed by atoms with Crippen LogP contribution in [0.15, 0.2) is 0 Å². The Morgan fingerprint density at radius 1 is 1.32 bits per heavy atom. The van der Waals surface area contributed by atoms with Crippen molar-refractivity contribution in [2.75, 3.05) is 20.3 Å². The first-order chi connectivity index (χ1) is 10.4. The average molecular weight is 315 g/mol. The molecule has 1 saturated carbocycles. The van der Waals surface area contributed by atoms with Crippen LogP contribution in [-0.4, -0.2) is 50.1 Å². The average Bonchev–Trinajstić information content (AvgIpc) is 2.81. The van der Waals surface area contributed by atoms with Crippen LogP contribution in [0.25, 0.3) is 0 Å². The van der Waals surface area contributed by atoms with Crippen LogP contribution in [0, 0.1) is 0 Å². The number of nitrogens with two attached hydrogens (primary N) is 1. The molecule has 0 bridgehead atoms. The van der Waals surface area contributed by atoms with Gasteiger partial charge < -0.3 is 25.8 Å². The van der Waals surface area contributed by atoms with Crippen LogP contribution in [-0.2, 0) is 9.47 Å². The molecule has 1 amide bonds. The molecular formula is C16H33N3O3. The summed E-state index contributed by atoms with van der Waals surface area (Å²) in [5.74, 6) is 0. The number of rotatable bonds is 8. The van der Waals surface area contributed by atoms with E-state index in [4.69, 9.17) is 15.2 Å². The molecule has 3 unspecified atom stereocenters. The van der Waals surface area contributed by atoms with Crippen molar-refractivity contribution in [2.45, 2.75) is 76.6 Å². The molecule has 1 aliphatic carbocycles. The molecule has 22 heavy (non-hydrogen) atoms. The zero-order chi connectivity index (χ0) is 16.6. The maximum Gasteiger partial charge on any atom is 0.407 e. The second kappa shape index (κ2) is 9.33. The standard InChI is InChI=1S/C16H33N3O3/c1-16(2,3)22-15(20)19-14-9-5-8-13(14)18-12(11-21-4)7-6-10-17/h12-14,18H,5-11,17H2,1-4H3,(H,19,20). The van der Waals surface area contributed by atoms with Crippen LogP contribution in [0.5, 0.6) is 0 Å². The van der Waals surface area contributed by atoms with Crippen molar-refractivity contribution < 1.29 is 14.3 Å². The van der Waals surface area contributed by atoms with Crippen molar-refractivity contribution in [1.82, 2.24) is 10.6 Å². The minimum absolute atomic E-state index is 0.118. The lowest BCUT2D eigenvalue weighted by Gasteiger charge is -2.28. The predicted molar refractivity (Wildman–Crippen MR) is 87.9 cm³/mol. The highest BCUT2D eigenvalue weighted by Crippen LogP contribution is 2.21. The Labute approximate surface area is 134 Å². The number of methoxy groups -OCH3 is 1. The van der Waals surface area contributed by atoms with Crippen LogP contribution in [0.4, 0.5) is 4.79 Å². The number of hydrogen-bond donors (Lipinski definition) is 3. The van der Waals surface area contributed by atoms with Crippen LogP contribution >= 0.6 is 0 Å². The molecule has 1 fully saturated rings. The number of nitrogens with one attached hydrogen (secondary N) is 2. The van der Waals surface area contributed by atoms with Crippen LogP contribution in [0.2, 0.25) is 0 Å². The number of ether oxygens (including phenoxy) is 2. The predicted octanol–water partition coefficient (Wildman–Crippen LogP) is 1.78. The number of carbonyl (C=O) groups is 1. The number of hydrogen-bond acceptors (Lipinski definition) is 5. The van der Waals surface area contributed by atoms with E-state index in [2.05, 4.69) is 10.6 Å². The van der Waals surface area contributed by atoms with Crippen molar-refractivity contribution in [3.05, 3.63) is 0 Å². The van der Waals surface area contributed by atoms with E-state index >= 15 is 0 Å². The van der Waals surface area contributed by atoms with Gasteiger partial charge in [-0.3, -0.25) is 0 Å². The van der Waals surface area contributed by atoms with Gasteiger partial charge in [0.1, 0.15) is 5.60 Å². The van der Waals surface area contributed by atoms with E-state index in [1.165, 1.54) is 0 Å². The highest BCUT2D eigenvalue weighted by atomic mass is 16.6. The lowest BCUT2D eigenvalue weighted by Crippen LogP contribution is -2.51. The first-order valence-corrected chi connectivity index (χ1v) is 8.30. The zero-order valence-electron chi connectivity index (χ0n) is 14.5. The van der Waals surface area contributed by atoms with E-state index in [0.29, 0.717) is 13.2 Å². The van der Waals surface area contributed by atoms with E-state index < -0.39 is 5.60 Å². The highest BCUT2D eigenvalue weighted by Gasteiger charge is 2.31. The largest absolute Gasteiger partial charge is 0.444 e. The Morgan fingerprint density at radius 3 is 2.59 bits per heavy atom. The van der Waals surface area contributed by atoms with E-state index in [9.17, 15) is 4.79 Å². The zero-order valence-corrected chi connectivity index (χ0v) is 14.5. The minimum Gasteiger partial charge on any atom is -0.444 e. The van der Waals surface area contributed by atoms with Gasteiger partial charge in [0, 0.05) is 25.2 Å². The summed E-state index contributed by atoms with van der Waals surface area (Å²) in [6.45, 7) is 6.97. The third-order valence-electron chi connectivity index (χ3n) is 3.79. The van der Waals surface area contributed by atoms with Crippen molar-refractivity contribution in [1.29, 1.82) is 0 Å². The summed E-state index contributed by atoms with van der Waals surface area (Å²) < 4.78 is 10.6. The molecule has 1 rings (SSSR count). The van der Waals surface area contributed by atoms with E-state index in [1.54, 1.807) is 7.11 Å². The quantitative estimate of drug-likeness (QED) is 0.635. The van der Waals surface area contributed by atoms with Crippen molar-refractivity contribution >= 4 is 6.09 Å². The van der Waals surface area contributed by atoms with Crippen molar-refractivity contribution in [3.63, 3.8) is 0 Å². The summed E-state index contributed by atoms with van der Waals surface area (Å²) in [5.41, 5.74) is 5.12. The van der Waals surface area contributed by atoms with E-state index in [-0.39, 0.29) is 24.2 Å². The fourth-order valence-corrected chi connectivity index (χ4v) is 2.87. The summed E-state index contributed by atoms with van der Waals surface area (Å²) in [7, 11) is 1.71. The van der Waals surface area contributed by atoms with Gasteiger partial charge in [-0.15, -0.1) is 0 Å². The maximum absolute atomic E-state index is 11.9. The summed E-state index contributed by atoms with van der Waals surface area (Å²) >= 11 is 0. The Hall–Kier alpha value is -0.850. The molecule has 4 N–H and O–H groups in total. The van der Waals surface area contributed by atoms with Crippen molar-refractivity contribution in [2.24, 2.45) is 5.73 Å². The normalized spacial score (nSPS) is 23.3. The van der Waals surface area contributed by atoms with Gasteiger partial charge in [-0.25, -0.2) is 4.79 Å². The third kappa shape index (κ3) is 7.42. The Bertz CT molecular complexity index is 331. The van der Waals surface area contributed by atoms with Gasteiger partial charge in [-0.2, -0.15) is 0 Å². The molecule has 6 nitrogen and oxygen atoms in total. The smallest absolute Gasteiger partial charge is 0.407 e. The summed E-state index contributed by atoms with van der Waals surface area (Å²) in [6.07, 6.45) is 4.76. The topological polar surface area (TPSA) is 85.6 Å². The summed E-state index contributed by atoms with van der Waals surface area (Å²) in [4.78, 5) is 11.9. The number of amides is 1. The lowest BCUT2D eigenvalue weighted by molar-refractivity contribution is 0.0494. The summed E-state index contributed by atoms with van der Waals surface area (Å²) in [6, 6.07) is 0.664. The first-order valence-electron chi connectivity index (χ1n) is 8.30. The fraction of sp³-hybridized carbons (Fsp3) is 0.938. The second-order valence-corrected chi connectivity index (χ2v) is 7.04. The molecule has 0 aromatic rings. The fourth-order valence-electron chi connectivity index (χ4n) is 2.87. The van der Waals surface area contributed by atoms with Crippen LogP contribution in [0.1, 0.15) is 52.9 Å². The monoisotopic (exact) mass is 315 g/mol. The molecule has 0 radical (unpaired) electrons. The van der Waals surface area contributed by atoms with Gasteiger partial charge in [0.2, 0.25) is 0 Å². The van der Waals surface area contributed by atoms with Gasteiger partial charge >= 0.3 is 6.09 Å². The van der Waals surface area contributed by atoms with Crippen LogP contribution < -0.4 is 16.4 Å². The van der Waals surface area contributed by atoms with Gasteiger partial charge in [0.05, 0.1) is 6.61 Å². The van der Waals surface area contributed by atoms with Crippen molar-refractivity contribution in [3.8, 4) is 0 Å². The van der Waals surface area contributed by atoms with Crippen LogP contribution in [0.3, 0.4) is 0 Å². The first kappa shape index (κ1) is 19.2. The Morgan fingerprint density at radius 2 is 2.00 bits per heavy atom. The molecule has 0 aromatic heterocycles. The minimum atomic E-state index is -0.467. The van der Waals surface area contributed by atoms with Gasteiger partial charge in [0.15, 0.2) is 0 Å². The maximum atomic E-state index is 11.9. The SMILES string of the molecule is COCC(CCCN)NC1CCCC1NC(=O)OC(C)(C)C. The lowest BCUT2D eigenvalue weighted by atomic mass is 10.1. The van der Waals surface area contributed by atoms with E-state index in [1.807, 2.05) is 20.8 Å². The highest BCUT2D eigenvalue weighted by molar-refractivity contribution is 5.68. The number of alkyl carbamates (subject to hydrolysis) is 1. The van der Waals surface area contributed by atoms with Gasteiger partial charge in [-0.1, -0.05) is 0 Å². The molecule has 0 saturated heterocycles. The summed E-state index contributed by atoms with van der Waals surface area (Å²) in [5, 5.41) is 6.62. The molecule has 1 aliphatic rings. The van der Waals surface area contributed by atoms with E-state index in [0.717, 1.165) is 32.1 Å². The molecule has 0 aromatic carbocycles. The molecule has 0 heterocycles. The van der Waals surface area contributed by atoms with Gasteiger partial charge in [0.25, 0.3) is 0 Å². The molecule has 0 aliphatic heterocycles. The Kier molecular flexibility index (Phi) is 8.14. The molecular weight excluding hydrogens is 282 g/mol. The molecule has 6 heteroatoms. The second-order valence-electron chi connectivity index (χ2n) is 7.04. The molecule has 0 spiro atoms. The Balaban J connectivity index is 2.48. The third-order valence-corrected chi connectivity index (χ3v) is 3.79. The van der Waals surface area contributed by atoms with Gasteiger partial charge in [-0.05, 0) is 59.4 Å². The number of carbonyl (C=O) groups excluding carboxylic acids is 1.